The van der Waals surface area contributed by atoms with Gasteiger partial charge >= 0.3 is 0 Å². The molecular formula is C11H26ClN3O3S. The first-order valence-corrected chi connectivity index (χ1v) is 7.92. The van der Waals surface area contributed by atoms with Gasteiger partial charge in [0.25, 0.3) is 10.2 Å². The highest BCUT2D eigenvalue weighted by Crippen LogP contribution is 2.13. The summed E-state index contributed by atoms with van der Waals surface area (Å²) in [5.41, 5.74) is 0. The van der Waals surface area contributed by atoms with Crippen molar-refractivity contribution in [2.24, 2.45) is 0 Å². The number of nitrogens with zero attached hydrogens (tertiary/aromatic N) is 1. The van der Waals surface area contributed by atoms with Crippen LogP contribution in [0.25, 0.3) is 0 Å². The number of morpholine rings is 1. The summed E-state index contributed by atoms with van der Waals surface area (Å²) in [6, 6.07) is 0.126. The summed E-state index contributed by atoms with van der Waals surface area (Å²) in [6.07, 6.45) is -0.118. The predicted octanol–water partition coefficient (Wildman–Crippen LogP) is 0.350. The van der Waals surface area contributed by atoms with Crippen molar-refractivity contribution in [3.05, 3.63) is 0 Å². The van der Waals surface area contributed by atoms with E-state index in [2.05, 4.69) is 10.0 Å². The molecule has 0 aliphatic carbocycles. The van der Waals surface area contributed by atoms with Gasteiger partial charge < -0.3 is 10.1 Å². The van der Waals surface area contributed by atoms with Gasteiger partial charge in [-0.05, 0) is 27.3 Å². The van der Waals surface area contributed by atoms with Crippen molar-refractivity contribution in [2.45, 2.75) is 45.9 Å². The zero-order chi connectivity index (χ0) is 13.8. The first kappa shape index (κ1) is 19.1. The maximum atomic E-state index is 12.1. The largest absolute Gasteiger partial charge is 0.373 e. The van der Waals surface area contributed by atoms with Crippen molar-refractivity contribution in [2.75, 3.05) is 26.2 Å². The van der Waals surface area contributed by atoms with Gasteiger partial charge in [-0.2, -0.15) is 12.7 Å². The van der Waals surface area contributed by atoms with Crippen molar-refractivity contribution >= 4 is 22.6 Å². The SMILES string of the molecule is CCN[C@H](C)CNS(=O)(=O)N1CC(C)OC(C)C1.Cl. The molecule has 8 heteroatoms. The fourth-order valence-electron chi connectivity index (χ4n) is 2.07. The molecule has 116 valence electrons. The van der Waals surface area contributed by atoms with E-state index in [1.807, 2.05) is 27.7 Å². The molecule has 0 aromatic rings. The minimum atomic E-state index is -3.40. The van der Waals surface area contributed by atoms with Gasteiger partial charge in [0.05, 0.1) is 12.2 Å². The van der Waals surface area contributed by atoms with Crippen LogP contribution in [0.5, 0.6) is 0 Å². The maximum Gasteiger partial charge on any atom is 0.279 e. The van der Waals surface area contributed by atoms with E-state index in [9.17, 15) is 8.42 Å². The van der Waals surface area contributed by atoms with Gasteiger partial charge in [-0.3, -0.25) is 0 Å². The Kier molecular flexibility index (Phi) is 8.42. The van der Waals surface area contributed by atoms with E-state index in [1.165, 1.54) is 4.31 Å². The lowest BCUT2D eigenvalue weighted by Gasteiger charge is -2.34. The topological polar surface area (TPSA) is 70.7 Å². The number of nitrogens with one attached hydrogen (secondary N) is 2. The molecule has 1 aliphatic heterocycles. The van der Waals surface area contributed by atoms with Gasteiger partial charge in [0.1, 0.15) is 0 Å². The second-order valence-electron chi connectivity index (χ2n) is 4.89. The van der Waals surface area contributed by atoms with Crippen LogP contribution in [0, 0.1) is 0 Å². The van der Waals surface area contributed by atoms with Gasteiger partial charge in [0, 0.05) is 25.7 Å². The molecule has 3 atom stereocenters. The molecule has 0 spiro atoms. The Morgan fingerprint density at radius 2 is 1.84 bits per heavy atom. The average molecular weight is 316 g/mol. The van der Waals surface area contributed by atoms with Crippen LogP contribution in [-0.4, -0.2) is 57.2 Å². The van der Waals surface area contributed by atoms with Gasteiger partial charge in [-0.15, -0.1) is 12.4 Å². The predicted molar refractivity (Wildman–Crippen MR) is 78.9 cm³/mol. The Balaban J connectivity index is 0.00000324. The summed E-state index contributed by atoms with van der Waals surface area (Å²) >= 11 is 0. The van der Waals surface area contributed by atoms with E-state index >= 15 is 0 Å². The number of halogens is 1. The second-order valence-corrected chi connectivity index (χ2v) is 6.64. The van der Waals surface area contributed by atoms with Crippen LogP contribution < -0.4 is 10.0 Å². The van der Waals surface area contributed by atoms with E-state index in [0.717, 1.165) is 6.54 Å². The number of likely N-dealkylation sites (N-methyl/N-ethyl adjacent to an activating group) is 1. The number of hydrogen-bond acceptors (Lipinski definition) is 4. The summed E-state index contributed by atoms with van der Waals surface area (Å²) in [6.45, 7) is 9.78. The maximum absolute atomic E-state index is 12.1. The Morgan fingerprint density at radius 3 is 2.32 bits per heavy atom. The van der Waals surface area contributed by atoms with Crippen LogP contribution >= 0.6 is 12.4 Å². The second kappa shape index (κ2) is 8.39. The van der Waals surface area contributed by atoms with E-state index in [4.69, 9.17) is 4.74 Å². The van der Waals surface area contributed by atoms with Crippen molar-refractivity contribution in [3.63, 3.8) is 0 Å². The first-order chi connectivity index (χ1) is 8.35. The van der Waals surface area contributed by atoms with Crippen LogP contribution in [-0.2, 0) is 14.9 Å². The summed E-state index contributed by atoms with van der Waals surface area (Å²) in [4.78, 5) is 0. The highest BCUT2D eigenvalue weighted by atomic mass is 35.5. The zero-order valence-corrected chi connectivity index (χ0v) is 13.7. The summed E-state index contributed by atoms with van der Waals surface area (Å²) in [7, 11) is -3.40. The molecule has 0 amide bonds. The molecule has 0 radical (unpaired) electrons. The molecule has 1 rings (SSSR count). The first-order valence-electron chi connectivity index (χ1n) is 6.48. The minimum Gasteiger partial charge on any atom is -0.373 e. The highest BCUT2D eigenvalue weighted by molar-refractivity contribution is 7.87. The van der Waals surface area contributed by atoms with Crippen molar-refractivity contribution in [1.82, 2.24) is 14.3 Å². The standard InChI is InChI=1S/C11H25N3O3S.ClH/c1-5-12-9(2)6-13-18(15,16)14-7-10(3)17-11(4)8-14;/h9-13H,5-8H2,1-4H3;1H/t9-,10?,11?;/m1./s1. The Labute approximate surface area is 122 Å². The van der Waals surface area contributed by atoms with Gasteiger partial charge in [-0.25, -0.2) is 4.72 Å². The molecule has 0 saturated carbocycles. The lowest BCUT2D eigenvalue weighted by Crippen LogP contribution is -2.53. The van der Waals surface area contributed by atoms with Gasteiger partial charge in [0.15, 0.2) is 0 Å². The third kappa shape index (κ3) is 6.37. The normalized spacial score (nSPS) is 26.7. The molecule has 0 bridgehead atoms. The molecule has 19 heavy (non-hydrogen) atoms. The van der Waals surface area contributed by atoms with Crippen molar-refractivity contribution in [1.29, 1.82) is 0 Å². The van der Waals surface area contributed by atoms with E-state index in [1.54, 1.807) is 0 Å². The Hall–Kier alpha value is 0.0800. The third-order valence-corrected chi connectivity index (χ3v) is 4.36. The van der Waals surface area contributed by atoms with Crippen LogP contribution in [0.15, 0.2) is 0 Å². The van der Waals surface area contributed by atoms with Gasteiger partial charge in [0.2, 0.25) is 0 Å². The van der Waals surface area contributed by atoms with E-state index in [-0.39, 0.29) is 30.7 Å². The van der Waals surface area contributed by atoms with Crippen LogP contribution in [0.1, 0.15) is 27.7 Å². The molecule has 1 fully saturated rings. The third-order valence-electron chi connectivity index (χ3n) is 2.85. The molecule has 6 nitrogen and oxygen atoms in total. The van der Waals surface area contributed by atoms with E-state index in [0.29, 0.717) is 19.6 Å². The van der Waals surface area contributed by atoms with Crippen molar-refractivity contribution in [3.8, 4) is 0 Å². The lowest BCUT2D eigenvalue weighted by atomic mass is 10.3. The number of rotatable bonds is 6. The van der Waals surface area contributed by atoms with Gasteiger partial charge in [-0.1, -0.05) is 6.92 Å². The van der Waals surface area contributed by atoms with E-state index < -0.39 is 10.2 Å². The molecule has 2 unspecified atom stereocenters. The zero-order valence-electron chi connectivity index (χ0n) is 12.0. The highest BCUT2D eigenvalue weighted by Gasteiger charge is 2.30. The van der Waals surface area contributed by atoms with Crippen LogP contribution in [0.2, 0.25) is 0 Å². The fraction of sp³-hybridized carbons (Fsp3) is 1.00. The quantitative estimate of drug-likeness (QED) is 0.742. The fourth-order valence-corrected chi connectivity index (χ4v) is 3.52. The number of hydrogen-bond donors (Lipinski definition) is 2. The molecule has 0 aromatic heterocycles. The molecule has 1 saturated heterocycles. The minimum absolute atomic E-state index is 0. The monoisotopic (exact) mass is 315 g/mol. The van der Waals surface area contributed by atoms with Crippen LogP contribution in [0.3, 0.4) is 0 Å². The molecule has 0 aromatic carbocycles. The molecular weight excluding hydrogens is 290 g/mol. The smallest absolute Gasteiger partial charge is 0.279 e. The summed E-state index contributed by atoms with van der Waals surface area (Å²) in [5.74, 6) is 0. The summed E-state index contributed by atoms with van der Waals surface area (Å²) in [5, 5.41) is 3.17. The summed E-state index contributed by atoms with van der Waals surface area (Å²) < 4.78 is 33.9. The van der Waals surface area contributed by atoms with Crippen molar-refractivity contribution < 1.29 is 13.2 Å². The lowest BCUT2D eigenvalue weighted by molar-refractivity contribution is -0.0443. The molecule has 1 aliphatic rings. The molecule has 1 heterocycles. The Bertz CT molecular complexity index is 343. The Morgan fingerprint density at radius 1 is 1.32 bits per heavy atom. The average Bonchev–Trinajstić information content (AvgIpc) is 2.26. The number of ether oxygens (including phenoxy) is 1. The molecule has 2 N–H and O–H groups in total. The van der Waals surface area contributed by atoms with Crippen LogP contribution in [0.4, 0.5) is 0 Å².